The van der Waals surface area contributed by atoms with E-state index in [0.717, 1.165) is 16.6 Å². The second-order valence-corrected chi connectivity index (χ2v) is 15.9. The second kappa shape index (κ2) is 12.4. The fourth-order valence-electron chi connectivity index (χ4n) is 10.3. The second-order valence-electron chi connectivity index (χ2n) is 15.9. The fourth-order valence-corrected chi connectivity index (χ4v) is 10.3. The predicted octanol–water partition coefficient (Wildman–Crippen LogP) is 16.5. The van der Waals surface area contributed by atoms with E-state index in [2.05, 4.69) is 206 Å². The van der Waals surface area contributed by atoms with Crippen LogP contribution in [-0.4, -0.2) is 0 Å². The minimum Gasteiger partial charge on any atom is -0.456 e. The van der Waals surface area contributed by atoms with E-state index in [1.54, 1.807) is 0 Å². The number of hydrogen-bond acceptors (Lipinski definition) is 1. The molecule has 272 valence electrons. The molecule has 0 saturated carbocycles. The average molecular weight is 747 g/mol. The number of benzene rings is 11. The van der Waals surface area contributed by atoms with Crippen molar-refractivity contribution in [2.45, 2.75) is 0 Å². The quantitative estimate of drug-likeness (QED) is 0.164. The van der Waals surface area contributed by atoms with Gasteiger partial charge in [0.15, 0.2) is 0 Å². The van der Waals surface area contributed by atoms with Crippen molar-refractivity contribution in [3.05, 3.63) is 206 Å². The van der Waals surface area contributed by atoms with Crippen LogP contribution < -0.4 is 0 Å². The van der Waals surface area contributed by atoms with E-state index in [4.69, 9.17) is 4.42 Å². The van der Waals surface area contributed by atoms with E-state index >= 15 is 0 Å². The molecule has 0 radical (unpaired) electrons. The largest absolute Gasteiger partial charge is 0.456 e. The molecule has 1 aliphatic carbocycles. The minimum absolute atomic E-state index is 0.909. The first-order chi connectivity index (χ1) is 29.3. The van der Waals surface area contributed by atoms with Crippen LogP contribution in [0.5, 0.6) is 0 Å². The molecular weight excluding hydrogens is 713 g/mol. The lowest BCUT2D eigenvalue weighted by atomic mass is 9.85. The van der Waals surface area contributed by atoms with Crippen molar-refractivity contribution >= 4 is 65.0 Å². The summed E-state index contributed by atoms with van der Waals surface area (Å²) in [5.74, 6) is 0. The number of rotatable bonds is 4. The summed E-state index contributed by atoms with van der Waals surface area (Å²) in [5, 5.41) is 12.4. The van der Waals surface area contributed by atoms with Crippen LogP contribution in [0.4, 0.5) is 0 Å². The third kappa shape index (κ3) is 4.67. The number of hydrogen-bond donors (Lipinski definition) is 0. The monoisotopic (exact) mass is 746 g/mol. The molecule has 1 aromatic heterocycles. The summed E-state index contributed by atoms with van der Waals surface area (Å²) in [4.78, 5) is 0. The van der Waals surface area contributed by atoms with Crippen LogP contribution in [0.1, 0.15) is 0 Å². The van der Waals surface area contributed by atoms with Crippen molar-refractivity contribution in [2.24, 2.45) is 0 Å². The third-order valence-corrected chi connectivity index (χ3v) is 12.8. The molecule has 0 N–H and O–H groups in total. The zero-order chi connectivity index (χ0) is 38.6. The summed E-state index contributed by atoms with van der Waals surface area (Å²) in [7, 11) is 0. The highest BCUT2D eigenvalue weighted by molar-refractivity contribution is 6.24. The van der Waals surface area contributed by atoms with E-state index in [-0.39, 0.29) is 0 Å². The molecule has 1 nitrogen and oxygen atoms in total. The van der Waals surface area contributed by atoms with E-state index < -0.39 is 0 Å². The molecule has 0 unspecified atom stereocenters. The maximum Gasteiger partial charge on any atom is 0.136 e. The maximum absolute atomic E-state index is 6.42. The van der Waals surface area contributed by atoms with E-state index in [0.29, 0.717) is 0 Å². The van der Waals surface area contributed by atoms with Crippen LogP contribution in [0.25, 0.3) is 132 Å². The van der Waals surface area contributed by atoms with Crippen molar-refractivity contribution in [1.29, 1.82) is 0 Å². The van der Waals surface area contributed by atoms with Gasteiger partial charge in [0, 0.05) is 10.8 Å². The van der Waals surface area contributed by atoms with Gasteiger partial charge in [-0.2, -0.15) is 0 Å². The predicted molar refractivity (Wildman–Crippen MR) is 250 cm³/mol. The third-order valence-electron chi connectivity index (χ3n) is 12.8. The number of furan rings is 1. The molecule has 0 spiro atoms. The Balaban J connectivity index is 0.963. The minimum atomic E-state index is 0.909. The molecule has 1 aliphatic rings. The van der Waals surface area contributed by atoms with Crippen LogP contribution in [0, 0.1) is 0 Å². The molecule has 11 aromatic carbocycles. The maximum atomic E-state index is 6.42. The lowest BCUT2D eigenvalue weighted by Gasteiger charge is -2.18. The van der Waals surface area contributed by atoms with Gasteiger partial charge in [0.1, 0.15) is 11.2 Å². The molecule has 13 rings (SSSR count). The highest BCUT2D eigenvalue weighted by Crippen LogP contribution is 2.51. The van der Waals surface area contributed by atoms with E-state index in [1.165, 1.54) is 115 Å². The highest BCUT2D eigenvalue weighted by Gasteiger charge is 2.23. The summed E-state index contributed by atoms with van der Waals surface area (Å²) >= 11 is 0. The van der Waals surface area contributed by atoms with Gasteiger partial charge in [0.25, 0.3) is 0 Å². The summed E-state index contributed by atoms with van der Waals surface area (Å²) in [6, 6.07) is 75.8. The molecule has 0 aliphatic heterocycles. The van der Waals surface area contributed by atoms with Gasteiger partial charge in [-0.05, 0) is 128 Å². The van der Waals surface area contributed by atoms with Gasteiger partial charge in [-0.1, -0.05) is 188 Å². The van der Waals surface area contributed by atoms with Crippen LogP contribution in [0.2, 0.25) is 0 Å². The molecule has 12 aromatic rings. The highest BCUT2D eigenvalue weighted by atomic mass is 16.3. The molecule has 1 heterocycles. The molecule has 0 amide bonds. The molecule has 0 bridgehead atoms. The standard InChI is InChI=1S/C58H34O/c1-2-14-40-35(12-1)28-33-54-58(40)52-34-38(29-32-53(52)59-54)56-49-20-9-7-18-47(49)55(48-19-8-10-21-50(48)56)37-26-24-36(25-27-37)39-13-3-4-15-41(39)44-30-31-51-43-17-6-5-16-42(43)45-22-11-23-46(44)57(45)51/h1-34H. The number of fused-ring (bicyclic) bond motifs is 10. The van der Waals surface area contributed by atoms with Crippen LogP contribution >= 0.6 is 0 Å². The van der Waals surface area contributed by atoms with Gasteiger partial charge in [0.2, 0.25) is 0 Å². The van der Waals surface area contributed by atoms with Crippen molar-refractivity contribution in [2.75, 3.05) is 0 Å². The SMILES string of the molecule is c1ccc(-c2ccc3c4c(cccc24)-c2ccccc2-3)c(-c2ccc(-c3c4ccccc4c(-c4ccc5oc6ccc7ccccc7c6c5c4)c4ccccc34)cc2)c1. The Kier molecular flexibility index (Phi) is 6.79. The molecular formula is C58H34O. The molecule has 1 heteroatoms. The van der Waals surface area contributed by atoms with Crippen LogP contribution in [0.3, 0.4) is 0 Å². The van der Waals surface area contributed by atoms with E-state index in [9.17, 15) is 0 Å². The Morgan fingerprint density at radius 3 is 1.41 bits per heavy atom. The smallest absolute Gasteiger partial charge is 0.136 e. The summed E-state index contributed by atoms with van der Waals surface area (Å²) in [6.07, 6.45) is 0. The summed E-state index contributed by atoms with van der Waals surface area (Å²) in [6.45, 7) is 0. The molecule has 0 atom stereocenters. The first-order valence-corrected chi connectivity index (χ1v) is 20.4. The van der Waals surface area contributed by atoms with Gasteiger partial charge in [-0.15, -0.1) is 0 Å². The summed E-state index contributed by atoms with van der Waals surface area (Å²) in [5.41, 5.74) is 17.0. The Labute approximate surface area is 341 Å². The first-order valence-electron chi connectivity index (χ1n) is 20.4. The summed E-state index contributed by atoms with van der Waals surface area (Å²) < 4.78 is 6.42. The topological polar surface area (TPSA) is 13.1 Å². The Morgan fingerprint density at radius 1 is 0.237 bits per heavy atom. The van der Waals surface area contributed by atoms with Crippen molar-refractivity contribution in [3.63, 3.8) is 0 Å². The first kappa shape index (κ1) is 32.4. The van der Waals surface area contributed by atoms with Gasteiger partial charge in [-0.25, -0.2) is 0 Å². The van der Waals surface area contributed by atoms with E-state index in [1.807, 2.05) is 0 Å². The lowest BCUT2D eigenvalue weighted by molar-refractivity contribution is 0.669. The average Bonchev–Trinajstić information content (AvgIpc) is 3.85. The van der Waals surface area contributed by atoms with Gasteiger partial charge >= 0.3 is 0 Å². The zero-order valence-electron chi connectivity index (χ0n) is 32.0. The van der Waals surface area contributed by atoms with Gasteiger partial charge < -0.3 is 4.42 Å². The normalized spacial score (nSPS) is 12.1. The molecule has 59 heavy (non-hydrogen) atoms. The molecule has 0 fully saturated rings. The van der Waals surface area contributed by atoms with Crippen molar-refractivity contribution in [3.8, 4) is 66.8 Å². The molecule has 0 saturated heterocycles. The fraction of sp³-hybridized carbons (Fsp3) is 0. The van der Waals surface area contributed by atoms with Crippen LogP contribution in [0.15, 0.2) is 211 Å². The van der Waals surface area contributed by atoms with Crippen molar-refractivity contribution in [1.82, 2.24) is 0 Å². The zero-order valence-corrected chi connectivity index (χ0v) is 32.0. The van der Waals surface area contributed by atoms with Crippen molar-refractivity contribution < 1.29 is 4.42 Å². The Hall–Kier alpha value is -7.74. The van der Waals surface area contributed by atoms with Crippen LogP contribution in [-0.2, 0) is 0 Å². The Bertz CT molecular complexity index is 3630. The van der Waals surface area contributed by atoms with Gasteiger partial charge in [0.05, 0.1) is 0 Å². The Morgan fingerprint density at radius 2 is 0.712 bits per heavy atom. The lowest BCUT2D eigenvalue weighted by Crippen LogP contribution is -1.91. The van der Waals surface area contributed by atoms with Gasteiger partial charge in [-0.3, -0.25) is 0 Å².